The lowest BCUT2D eigenvalue weighted by molar-refractivity contribution is 0.0698. The third-order valence-corrected chi connectivity index (χ3v) is 3.01. The molecule has 0 unspecified atom stereocenters. The van der Waals surface area contributed by atoms with E-state index in [4.69, 9.17) is 21.4 Å². The fourth-order valence-electron chi connectivity index (χ4n) is 1.65. The maximum absolute atomic E-state index is 12.1. The van der Waals surface area contributed by atoms with Crippen LogP contribution in [0.4, 0.5) is 5.69 Å². The number of carbonyl (C=O) groups excluding carboxylic acids is 1. The Labute approximate surface area is 125 Å². The summed E-state index contributed by atoms with van der Waals surface area (Å²) in [6.07, 6.45) is 1.32. The number of nitrogens with one attached hydrogen (secondary N) is 1. The molecule has 1 heterocycles. The van der Waals surface area contributed by atoms with E-state index in [1.165, 1.54) is 43.6 Å². The minimum atomic E-state index is -1.18. The van der Waals surface area contributed by atoms with Crippen LogP contribution in [0, 0.1) is 0 Å². The molecule has 0 fully saturated rings. The summed E-state index contributed by atoms with van der Waals surface area (Å²) in [5.74, 6) is -1.32. The van der Waals surface area contributed by atoms with E-state index < -0.39 is 11.9 Å². The highest BCUT2D eigenvalue weighted by Gasteiger charge is 2.16. The van der Waals surface area contributed by atoms with Crippen LogP contribution in [0.5, 0.6) is 5.88 Å². The van der Waals surface area contributed by atoms with Gasteiger partial charge in [-0.2, -0.15) is 0 Å². The third kappa shape index (κ3) is 3.29. The molecule has 0 saturated carbocycles. The molecule has 1 aromatic carbocycles. The number of carbonyl (C=O) groups is 2. The highest BCUT2D eigenvalue weighted by Crippen LogP contribution is 2.26. The molecular weight excluding hydrogens is 296 g/mol. The highest BCUT2D eigenvalue weighted by atomic mass is 35.5. The van der Waals surface area contributed by atoms with Crippen molar-refractivity contribution in [2.45, 2.75) is 0 Å². The second-order valence-corrected chi connectivity index (χ2v) is 4.42. The van der Waals surface area contributed by atoms with Crippen molar-refractivity contribution in [3.63, 3.8) is 0 Å². The van der Waals surface area contributed by atoms with Gasteiger partial charge < -0.3 is 15.2 Å². The van der Waals surface area contributed by atoms with Crippen molar-refractivity contribution in [3.8, 4) is 5.88 Å². The van der Waals surface area contributed by atoms with Gasteiger partial charge in [-0.1, -0.05) is 17.7 Å². The van der Waals surface area contributed by atoms with E-state index in [0.717, 1.165) is 0 Å². The zero-order valence-electron chi connectivity index (χ0n) is 11.0. The van der Waals surface area contributed by atoms with Crippen molar-refractivity contribution in [2.24, 2.45) is 0 Å². The van der Waals surface area contributed by atoms with Crippen LogP contribution in [0.15, 0.2) is 36.5 Å². The second-order valence-electron chi connectivity index (χ2n) is 4.01. The van der Waals surface area contributed by atoms with Crippen molar-refractivity contribution in [1.82, 2.24) is 4.98 Å². The fourth-order valence-corrected chi connectivity index (χ4v) is 1.87. The predicted molar refractivity (Wildman–Crippen MR) is 77.2 cm³/mol. The molecule has 2 N–H and O–H groups in total. The van der Waals surface area contributed by atoms with E-state index in [0.29, 0.717) is 5.88 Å². The number of pyridine rings is 1. The first kappa shape index (κ1) is 14.8. The monoisotopic (exact) mass is 306 g/mol. The van der Waals surface area contributed by atoms with Crippen LogP contribution in [-0.2, 0) is 0 Å². The van der Waals surface area contributed by atoms with Crippen LogP contribution in [0.3, 0.4) is 0 Å². The minimum absolute atomic E-state index is 0.0486. The Morgan fingerprint density at radius 1 is 1.29 bits per heavy atom. The molecule has 2 aromatic rings. The number of amides is 1. The van der Waals surface area contributed by atoms with Gasteiger partial charge in [0.05, 0.1) is 28.9 Å². The number of hydrogen-bond acceptors (Lipinski definition) is 4. The standard InChI is InChI=1S/C14H11ClN2O4/c1-21-11-6-5-8(7-16-11)13(18)17-12-9(14(19)20)3-2-4-10(12)15/h2-7H,1H3,(H,17,18)(H,19,20). The van der Waals surface area contributed by atoms with E-state index >= 15 is 0 Å². The van der Waals surface area contributed by atoms with E-state index in [1.807, 2.05) is 0 Å². The molecule has 0 aliphatic carbocycles. The Kier molecular flexibility index (Phi) is 4.39. The van der Waals surface area contributed by atoms with Crippen LogP contribution in [0.25, 0.3) is 0 Å². The molecule has 2 rings (SSSR count). The number of aromatic nitrogens is 1. The Balaban J connectivity index is 2.29. The van der Waals surface area contributed by atoms with E-state index in [9.17, 15) is 9.59 Å². The second kappa shape index (κ2) is 6.23. The lowest BCUT2D eigenvalue weighted by Gasteiger charge is -2.10. The topological polar surface area (TPSA) is 88.5 Å². The van der Waals surface area contributed by atoms with Crippen LogP contribution in [0.2, 0.25) is 5.02 Å². The van der Waals surface area contributed by atoms with Gasteiger partial charge in [-0.05, 0) is 18.2 Å². The van der Waals surface area contributed by atoms with E-state index in [1.54, 1.807) is 0 Å². The molecule has 0 aliphatic heterocycles. The Morgan fingerprint density at radius 2 is 2.05 bits per heavy atom. The fraction of sp³-hybridized carbons (Fsp3) is 0.0714. The lowest BCUT2D eigenvalue weighted by atomic mass is 10.1. The van der Waals surface area contributed by atoms with Gasteiger partial charge in [0, 0.05) is 12.3 Å². The molecule has 0 saturated heterocycles. The van der Waals surface area contributed by atoms with Crippen molar-refractivity contribution in [3.05, 3.63) is 52.7 Å². The maximum Gasteiger partial charge on any atom is 0.337 e. The Morgan fingerprint density at radius 3 is 2.62 bits per heavy atom. The molecule has 0 radical (unpaired) electrons. The largest absolute Gasteiger partial charge is 0.481 e. The summed E-state index contributed by atoms with van der Waals surface area (Å²) in [5.41, 5.74) is 0.219. The number of methoxy groups -OCH3 is 1. The number of ether oxygens (including phenoxy) is 1. The maximum atomic E-state index is 12.1. The number of aromatic carboxylic acids is 1. The third-order valence-electron chi connectivity index (χ3n) is 2.69. The number of nitrogens with zero attached hydrogens (tertiary/aromatic N) is 1. The van der Waals surface area contributed by atoms with Crippen molar-refractivity contribution in [1.29, 1.82) is 0 Å². The van der Waals surface area contributed by atoms with Crippen LogP contribution in [-0.4, -0.2) is 29.1 Å². The SMILES string of the molecule is COc1ccc(C(=O)Nc2c(Cl)cccc2C(=O)O)cn1. The van der Waals surface area contributed by atoms with Crippen molar-refractivity contribution >= 4 is 29.2 Å². The molecule has 0 aliphatic rings. The summed E-state index contributed by atoms with van der Waals surface area (Å²) >= 11 is 5.94. The Bertz CT molecular complexity index is 686. The van der Waals surface area contributed by atoms with Gasteiger partial charge >= 0.3 is 5.97 Å². The van der Waals surface area contributed by atoms with Crippen molar-refractivity contribution < 1.29 is 19.4 Å². The number of carboxylic acid groups (broad SMARTS) is 1. The quantitative estimate of drug-likeness (QED) is 0.906. The summed E-state index contributed by atoms with van der Waals surface area (Å²) in [6.45, 7) is 0. The number of carboxylic acids is 1. The van der Waals surface area contributed by atoms with Crippen LogP contribution >= 0.6 is 11.6 Å². The zero-order chi connectivity index (χ0) is 15.4. The number of hydrogen-bond donors (Lipinski definition) is 2. The van der Waals surface area contributed by atoms with Gasteiger partial charge in [-0.3, -0.25) is 4.79 Å². The van der Waals surface area contributed by atoms with Gasteiger partial charge in [-0.25, -0.2) is 9.78 Å². The number of benzene rings is 1. The molecule has 108 valence electrons. The smallest absolute Gasteiger partial charge is 0.337 e. The molecule has 0 atom stereocenters. The van der Waals surface area contributed by atoms with E-state index in [2.05, 4.69) is 10.3 Å². The number of halogens is 1. The number of anilines is 1. The summed E-state index contributed by atoms with van der Waals surface area (Å²) in [5, 5.41) is 11.7. The first-order valence-electron chi connectivity index (χ1n) is 5.86. The zero-order valence-corrected chi connectivity index (χ0v) is 11.7. The number of rotatable bonds is 4. The van der Waals surface area contributed by atoms with Gasteiger partial charge in [-0.15, -0.1) is 0 Å². The minimum Gasteiger partial charge on any atom is -0.481 e. The molecule has 1 aromatic heterocycles. The lowest BCUT2D eigenvalue weighted by Crippen LogP contribution is -2.15. The average molecular weight is 307 g/mol. The highest BCUT2D eigenvalue weighted by molar-refractivity contribution is 6.34. The Hall–Kier alpha value is -2.60. The molecule has 7 heteroatoms. The molecular formula is C14H11ClN2O4. The van der Waals surface area contributed by atoms with Gasteiger partial charge in [0.25, 0.3) is 5.91 Å². The molecule has 0 spiro atoms. The first-order valence-corrected chi connectivity index (χ1v) is 6.24. The van der Waals surface area contributed by atoms with Gasteiger partial charge in [0.2, 0.25) is 5.88 Å². The van der Waals surface area contributed by atoms with Crippen LogP contribution in [0.1, 0.15) is 20.7 Å². The van der Waals surface area contributed by atoms with Gasteiger partial charge in [0.1, 0.15) is 0 Å². The molecule has 21 heavy (non-hydrogen) atoms. The molecule has 6 nitrogen and oxygen atoms in total. The molecule has 0 bridgehead atoms. The van der Waals surface area contributed by atoms with E-state index in [-0.39, 0.29) is 21.8 Å². The first-order chi connectivity index (χ1) is 10.0. The summed E-state index contributed by atoms with van der Waals surface area (Å²) in [6, 6.07) is 7.39. The van der Waals surface area contributed by atoms with Gasteiger partial charge in [0.15, 0.2) is 0 Å². The summed E-state index contributed by atoms with van der Waals surface area (Å²) < 4.78 is 4.90. The number of para-hydroxylation sites is 1. The van der Waals surface area contributed by atoms with Crippen molar-refractivity contribution in [2.75, 3.05) is 12.4 Å². The van der Waals surface area contributed by atoms with Crippen LogP contribution < -0.4 is 10.1 Å². The summed E-state index contributed by atoms with van der Waals surface area (Å²) in [7, 11) is 1.46. The summed E-state index contributed by atoms with van der Waals surface area (Å²) in [4.78, 5) is 27.1. The molecule has 1 amide bonds. The average Bonchev–Trinajstić information content (AvgIpc) is 2.49. The predicted octanol–water partition coefficient (Wildman–Crippen LogP) is 2.69. The normalized spacial score (nSPS) is 10.0.